The number of Topliss-reactive ketones (excluding diaryl/α,β-unsaturated/α-hetero) is 1. The molecular formula is C23H21NO4. The van der Waals surface area contributed by atoms with Crippen molar-refractivity contribution in [2.24, 2.45) is 0 Å². The first-order valence-electron chi connectivity index (χ1n) is 9.24. The van der Waals surface area contributed by atoms with Crippen LogP contribution in [0.25, 0.3) is 5.70 Å². The first-order valence-corrected chi connectivity index (χ1v) is 9.24. The van der Waals surface area contributed by atoms with Gasteiger partial charge in [-0.05, 0) is 31.5 Å². The third-order valence-corrected chi connectivity index (χ3v) is 5.17. The van der Waals surface area contributed by atoms with E-state index in [4.69, 9.17) is 9.47 Å². The van der Waals surface area contributed by atoms with E-state index < -0.39 is 11.9 Å². The van der Waals surface area contributed by atoms with Crippen molar-refractivity contribution in [3.8, 4) is 5.75 Å². The standard InChI is InChI=1S/C23H21NO4/c1-4-28-23(26)18-13(2)24-21-16-10-5-6-11-17(16)22(25)20(21)19(18)14-8-7-9-15(12-14)27-3/h5-12,19,24H,4H2,1-3H3/t19-/m1/s1. The molecule has 2 aromatic carbocycles. The Morgan fingerprint density at radius 3 is 2.57 bits per heavy atom. The highest BCUT2D eigenvalue weighted by Crippen LogP contribution is 2.47. The van der Waals surface area contributed by atoms with Crippen LogP contribution in [-0.4, -0.2) is 25.5 Å². The summed E-state index contributed by atoms with van der Waals surface area (Å²) < 4.78 is 10.7. The summed E-state index contributed by atoms with van der Waals surface area (Å²) in [6.45, 7) is 3.88. The molecule has 0 saturated carbocycles. The fourth-order valence-corrected chi connectivity index (χ4v) is 3.96. The predicted molar refractivity (Wildman–Crippen MR) is 106 cm³/mol. The zero-order valence-corrected chi connectivity index (χ0v) is 16.0. The van der Waals surface area contributed by atoms with E-state index in [1.54, 1.807) is 14.0 Å². The second-order valence-electron chi connectivity index (χ2n) is 6.76. The first-order chi connectivity index (χ1) is 13.6. The van der Waals surface area contributed by atoms with Gasteiger partial charge in [0.05, 0.1) is 25.0 Å². The van der Waals surface area contributed by atoms with Crippen molar-refractivity contribution in [2.45, 2.75) is 19.8 Å². The molecule has 2 aromatic rings. The molecular weight excluding hydrogens is 354 g/mol. The molecule has 4 rings (SSSR count). The van der Waals surface area contributed by atoms with E-state index in [1.165, 1.54) is 0 Å². The van der Waals surface area contributed by atoms with E-state index in [1.807, 2.05) is 55.5 Å². The maximum absolute atomic E-state index is 13.3. The monoisotopic (exact) mass is 375 g/mol. The number of hydrogen-bond acceptors (Lipinski definition) is 5. The summed E-state index contributed by atoms with van der Waals surface area (Å²) in [6.07, 6.45) is 0. The molecule has 5 nitrogen and oxygen atoms in total. The van der Waals surface area contributed by atoms with E-state index in [0.29, 0.717) is 28.2 Å². The zero-order valence-electron chi connectivity index (χ0n) is 16.0. The molecule has 0 bridgehead atoms. The molecule has 0 spiro atoms. The number of rotatable bonds is 4. The van der Waals surface area contributed by atoms with Gasteiger partial charge in [0, 0.05) is 28.3 Å². The Bertz CT molecular complexity index is 1050. The van der Waals surface area contributed by atoms with Crippen LogP contribution in [0.1, 0.15) is 41.3 Å². The van der Waals surface area contributed by atoms with Gasteiger partial charge in [0.2, 0.25) is 0 Å². The molecule has 0 aromatic heterocycles. The maximum atomic E-state index is 13.3. The van der Waals surface area contributed by atoms with Crippen molar-refractivity contribution < 1.29 is 19.1 Å². The number of carbonyl (C=O) groups excluding carboxylic acids is 2. The lowest BCUT2D eigenvalue weighted by atomic mass is 9.80. The van der Waals surface area contributed by atoms with Crippen molar-refractivity contribution >= 4 is 17.4 Å². The van der Waals surface area contributed by atoms with Crippen LogP contribution in [0, 0.1) is 0 Å². The number of fused-ring (bicyclic) bond motifs is 2. The summed E-state index contributed by atoms with van der Waals surface area (Å²) in [5.41, 5.74) is 4.80. The Hall–Kier alpha value is -3.34. The summed E-state index contributed by atoms with van der Waals surface area (Å²) in [7, 11) is 1.59. The van der Waals surface area contributed by atoms with Crippen LogP contribution >= 0.6 is 0 Å². The van der Waals surface area contributed by atoms with E-state index in [2.05, 4.69) is 5.32 Å². The summed E-state index contributed by atoms with van der Waals surface area (Å²) in [6, 6.07) is 15.0. The average molecular weight is 375 g/mol. The van der Waals surface area contributed by atoms with E-state index >= 15 is 0 Å². The molecule has 1 N–H and O–H groups in total. The zero-order chi connectivity index (χ0) is 19.8. The number of esters is 1. The lowest BCUT2D eigenvalue weighted by Crippen LogP contribution is -2.29. The third kappa shape index (κ3) is 2.71. The molecule has 0 radical (unpaired) electrons. The predicted octanol–water partition coefficient (Wildman–Crippen LogP) is 3.83. The highest BCUT2D eigenvalue weighted by molar-refractivity contribution is 6.23. The van der Waals surface area contributed by atoms with Gasteiger partial charge in [-0.3, -0.25) is 4.79 Å². The topological polar surface area (TPSA) is 64.6 Å². The van der Waals surface area contributed by atoms with Gasteiger partial charge in [-0.2, -0.15) is 0 Å². The number of carbonyl (C=O) groups is 2. The normalized spacial score (nSPS) is 17.8. The highest BCUT2D eigenvalue weighted by Gasteiger charge is 2.42. The summed E-state index contributed by atoms with van der Waals surface area (Å²) in [5, 5.41) is 3.29. The van der Waals surface area contributed by atoms with Gasteiger partial charge in [-0.1, -0.05) is 36.4 Å². The third-order valence-electron chi connectivity index (χ3n) is 5.17. The molecule has 0 fully saturated rings. The Kier molecular flexibility index (Phi) is 4.51. The van der Waals surface area contributed by atoms with E-state index in [-0.39, 0.29) is 12.4 Å². The van der Waals surface area contributed by atoms with E-state index in [9.17, 15) is 9.59 Å². The van der Waals surface area contributed by atoms with Crippen LogP contribution in [0.5, 0.6) is 5.75 Å². The Labute approximate surface area is 163 Å². The molecule has 142 valence electrons. The number of benzene rings is 2. The number of ether oxygens (including phenoxy) is 2. The Morgan fingerprint density at radius 1 is 1.11 bits per heavy atom. The van der Waals surface area contributed by atoms with Crippen LogP contribution in [0.2, 0.25) is 0 Å². The van der Waals surface area contributed by atoms with Crippen LogP contribution < -0.4 is 10.1 Å². The molecule has 2 aliphatic rings. The van der Waals surface area contributed by atoms with Crippen molar-refractivity contribution in [1.82, 2.24) is 5.32 Å². The van der Waals surface area contributed by atoms with Crippen molar-refractivity contribution in [1.29, 1.82) is 0 Å². The van der Waals surface area contributed by atoms with Crippen LogP contribution in [0.4, 0.5) is 0 Å². The largest absolute Gasteiger partial charge is 0.497 e. The molecule has 5 heteroatoms. The molecule has 0 amide bonds. The Morgan fingerprint density at radius 2 is 1.86 bits per heavy atom. The molecule has 0 unspecified atom stereocenters. The maximum Gasteiger partial charge on any atom is 0.336 e. The number of methoxy groups -OCH3 is 1. The molecule has 0 saturated heterocycles. The van der Waals surface area contributed by atoms with Gasteiger partial charge in [-0.15, -0.1) is 0 Å². The summed E-state index contributed by atoms with van der Waals surface area (Å²) in [4.78, 5) is 26.1. The van der Waals surface area contributed by atoms with Gasteiger partial charge in [-0.25, -0.2) is 4.79 Å². The summed E-state index contributed by atoms with van der Waals surface area (Å²) >= 11 is 0. The lowest BCUT2D eigenvalue weighted by Gasteiger charge is -2.29. The number of hydrogen-bond donors (Lipinski definition) is 1. The number of allylic oxidation sites excluding steroid dienone is 2. The second kappa shape index (κ2) is 7.00. The Balaban J connectivity index is 1.93. The number of ketones is 1. The van der Waals surface area contributed by atoms with Gasteiger partial charge in [0.1, 0.15) is 5.75 Å². The van der Waals surface area contributed by atoms with Gasteiger partial charge in [0.25, 0.3) is 0 Å². The SMILES string of the molecule is CCOC(=O)C1=C(C)NC2=C(C(=O)c3ccccc32)[C@@H]1c1cccc(OC)c1. The molecule has 1 atom stereocenters. The van der Waals surface area contributed by atoms with Crippen LogP contribution in [0.15, 0.2) is 65.4 Å². The van der Waals surface area contributed by atoms with Gasteiger partial charge < -0.3 is 14.8 Å². The fourth-order valence-electron chi connectivity index (χ4n) is 3.96. The van der Waals surface area contributed by atoms with Crippen molar-refractivity contribution in [3.05, 3.63) is 82.1 Å². The average Bonchev–Trinajstić information content (AvgIpc) is 2.99. The molecule has 28 heavy (non-hydrogen) atoms. The minimum absolute atomic E-state index is 0.0692. The number of dihydropyridines is 1. The molecule has 1 heterocycles. The smallest absolute Gasteiger partial charge is 0.336 e. The van der Waals surface area contributed by atoms with Crippen LogP contribution in [-0.2, 0) is 9.53 Å². The number of nitrogens with one attached hydrogen (secondary N) is 1. The van der Waals surface area contributed by atoms with Crippen molar-refractivity contribution in [2.75, 3.05) is 13.7 Å². The second-order valence-corrected chi connectivity index (χ2v) is 6.76. The van der Waals surface area contributed by atoms with Crippen LogP contribution in [0.3, 0.4) is 0 Å². The van der Waals surface area contributed by atoms with Gasteiger partial charge in [0.15, 0.2) is 5.78 Å². The first kappa shape index (κ1) is 18.0. The summed E-state index contributed by atoms with van der Waals surface area (Å²) in [5.74, 6) is -0.344. The highest BCUT2D eigenvalue weighted by atomic mass is 16.5. The minimum Gasteiger partial charge on any atom is -0.497 e. The van der Waals surface area contributed by atoms with Crippen molar-refractivity contribution in [3.63, 3.8) is 0 Å². The lowest BCUT2D eigenvalue weighted by molar-refractivity contribution is -0.138. The molecule has 1 aliphatic heterocycles. The fraction of sp³-hybridized carbons (Fsp3) is 0.217. The minimum atomic E-state index is -0.523. The van der Waals surface area contributed by atoms with Gasteiger partial charge >= 0.3 is 5.97 Å². The molecule has 1 aliphatic carbocycles. The quantitative estimate of drug-likeness (QED) is 0.823. The van der Waals surface area contributed by atoms with E-state index in [0.717, 1.165) is 16.8 Å².